The number of nitrogens with two attached hydrogens (primary N) is 1. The second-order valence-corrected chi connectivity index (χ2v) is 6.53. The summed E-state index contributed by atoms with van der Waals surface area (Å²) in [6, 6.07) is 7.72. The van der Waals surface area contributed by atoms with Gasteiger partial charge in [0.15, 0.2) is 5.82 Å². The summed E-state index contributed by atoms with van der Waals surface area (Å²) in [5.74, 6) is 1.49. The Morgan fingerprint density at radius 3 is 2.86 bits per heavy atom. The zero-order valence-electron chi connectivity index (χ0n) is 12.6. The van der Waals surface area contributed by atoms with E-state index in [0.29, 0.717) is 18.1 Å². The third kappa shape index (κ3) is 3.62. The monoisotopic (exact) mass is 341 g/mol. The van der Waals surface area contributed by atoms with E-state index in [1.165, 1.54) is 12.8 Å². The number of aromatic nitrogens is 2. The minimum atomic E-state index is -0.257. The molecule has 2 aromatic rings. The largest absolute Gasteiger partial charge is 0.339 e. The van der Waals surface area contributed by atoms with E-state index in [0.717, 1.165) is 23.4 Å². The predicted molar refractivity (Wildman–Crippen MR) is 89.6 cm³/mol. The van der Waals surface area contributed by atoms with Crippen molar-refractivity contribution in [3.8, 4) is 0 Å². The Morgan fingerprint density at radius 1 is 1.36 bits per heavy atom. The second-order valence-electron chi connectivity index (χ2n) is 6.12. The molecule has 3 rings (SSSR count). The van der Waals surface area contributed by atoms with E-state index < -0.39 is 0 Å². The summed E-state index contributed by atoms with van der Waals surface area (Å²) in [6.45, 7) is 2.08. The van der Waals surface area contributed by atoms with Crippen LogP contribution in [0.5, 0.6) is 0 Å². The van der Waals surface area contributed by atoms with Crippen molar-refractivity contribution in [1.82, 2.24) is 10.1 Å². The van der Waals surface area contributed by atoms with Gasteiger partial charge in [-0.25, -0.2) is 0 Å². The van der Waals surface area contributed by atoms with E-state index in [2.05, 4.69) is 17.1 Å². The van der Waals surface area contributed by atoms with Gasteiger partial charge in [-0.05, 0) is 31.4 Å². The van der Waals surface area contributed by atoms with Crippen LogP contribution >= 0.6 is 24.0 Å². The molecule has 1 fully saturated rings. The highest BCUT2D eigenvalue weighted by atomic mass is 35.5. The Balaban J connectivity index is 0.00000176. The molecule has 0 spiro atoms. The van der Waals surface area contributed by atoms with Gasteiger partial charge in [0, 0.05) is 17.0 Å². The number of rotatable bonds is 3. The van der Waals surface area contributed by atoms with Crippen molar-refractivity contribution in [1.29, 1.82) is 0 Å². The molecule has 1 heterocycles. The lowest BCUT2D eigenvalue weighted by atomic mass is 9.74. The molecule has 1 aliphatic carbocycles. The normalized spacial score (nSPS) is 24.8. The van der Waals surface area contributed by atoms with Crippen LogP contribution < -0.4 is 5.73 Å². The van der Waals surface area contributed by atoms with E-state index in [1.807, 2.05) is 24.3 Å². The second kappa shape index (κ2) is 6.99. The molecule has 120 valence electrons. The van der Waals surface area contributed by atoms with Gasteiger partial charge in [-0.2, -0.15) is 4.98 Å². The van der Waals surface area contributed by atoms with Crippen molar-refractivity contribution in [2.24, 2.45) is 5.73 Å². The van der Waals surface area contributed by atoms with E-state index in [4.69, 9.17) is 21.9 Å². The van der Waals surface area contributed by atoms with E-state index in [-0.39, 0.29) is 23.9 Å². The maximum absolute atomic E-state index is 6.39. The highest BCUT2D eigenvalue weighted by Gasteiger charge is 2.37. The topological polar surface area (TPSA) is 64.9 Å². The van der Waals surface area contributed by atoms with Crippen LogP contribution in [0.3, 0.4) is 0 Å². The van der Waals surface area contributed by atoms with E-state index in [9.17, 15) is 0 Å². The van der Waals surface area contributed by atoms with Gasteiger partial charge in [0.2, 0.25) is 5.89 Å². The smallest absolute Gasteiger partial charge is 0.231 e. The SMILES string of the molecule is CC1(N)CCCCC1c1nc(Cc2ccccc2Cl)no1.Cl. The molecular weight excluding hydrogens is 321 g/mol. The van der Waals surface area contributed by atoms with Gasteiger partial charge in [0.05, 0.1) is 5.92 Å². The Hall–Kier alpha value is -1.10. The van der Waals surface area contributed by atoms with Gasteiger partial charge in [0.1, 0.15) is 0 Å². The van der Waals surface area contributed by atoms with Crippen molar-refractivity contribution in [3.63, 3.8) is 0 Å². The van der Waals surface area contributed by atoms with Crippen molar-refractivity contribution in [2.75, 3.05) is 0 Å². The Morgan fingerprint density at radius 2 is 2.14 bits per heavy atom. The number of hydrogen-bond acceptors (Lipinski definition) is 4. The lowest BCUT2D eigenvalue weighted by Crippen LogP contribution is -2.44. The fourth-order valence-corrected chi connectivity index (χ4v) is 3.26. The van der Waals surface area contributed by atoms with Crippen molar-refractivity contribution < 1.29 is 4.52 Å². The molecule has 4 nitrogen and oxygen atoms in total. The molecule has 0 bridgehead atoms. The van der Waals surface area contributed by atoms with E-state index in [1.54, 1.807) is 0 Å². The minimum Gasteiger partial charge on any atom is -0.339 e. The quantitative estimate of drug-likeness (QED) is 0.912. The van der Waals surface area contributed by atoms with Crippen LogP contribution in [-0.4, -0.2) is 15.7 Å². The first-order chi connectivity index (χ1) is 10.1. The van der Waals surface area contributed by atoms with Crippen molar-refractivity contribution >= 4 is 24.0 Å². The summed E-state index contributed by atoms with van der Waals surface area (Å²) in [4.78, 5) is 4.55. The van der Waals surface area contributed by atoms with Crippen LogP contribution in [0.2, 0.25) is 5.02 Å². The Bertz CT molecular complexity index is 627. The molecule has 1 aliphatic rings. The lowest BCUT2D eigenvalue weighted by Gasteiger charge is -2.35. The third-order valence-electron chi connectivity index (χ3n) is 4.34. The molecule has 1 aromatic heterocycles. The first-order valence-electron chi connectivity index (χ1n) is 7.41. The first kappa shape index (κ1) is 17.3. The molecule has 2 N–H and O–H groups in total. The zero-order chi connectivity index (χ0) is 14.9. The summed E-state index contributed by atoms with van der Waals surface area (Å²) in [5, 5.41) is 4.82. The molecule has 0 saturated heterocycles. The number of benzene rings is 1. The summed E-state index contributed by atoms with van der Waals surface area (Å²) in [5.41, 5.74) is 7.14. The molecule has 6 heteroatoms. The fraction of sp³-hybridized carbons (Fsp3) is 0.500. The van der Waals surface area contributed by atoms with Crippen molar-refractivity contribution in [2.45, 2.75) is 50.5 Å². The van der Waals surface area contributed by atoms with Gasteiger partial charge in [-0.3, -0.25) is 0 Å². The molecule has 0 aliphatic heterocycles. The maximum atomic E-state index is 6.39. The molecular formula is C16H21Cl2N3O. The third-order valence-corrected chi connectivity index (χ3v) is 4.71. The van der Waals surface area contributed by atoms with Gasteiger partial charge in [-0.15, -0.1) is 12.4 Å². The van der Waals surface area contributed by atoms with Gasteiger partial charge >= 0.3 is 0 Å². The number of nitrogens with zero attached hydrogens (tertiary/aromatic N) is 2. The van der Waals surface area contributed by atoms with Crippen LogP contribution in [-0.2, 0) is 6.42 Å². The average molecular weight is 342 g/mol. The van der Waals surface area contributed by atoms with Crippen LogP contribution in [0, 0.1) is 0 Å². The summed E-state index contributed by atoms with van der Waals surface area (Å²) in [6.07, 6.45) is 4.93. The lowest BCUT2D eigenvalue weighted by molar-refractivity contribution is 0.223. The van der Waals surface area contributed by atoms with Crippen LogP contribution in [0.4, 0.5) is 0 Å². The summed E-state index contributed by atoms with van der Waals surface area (Å²) >= 11 is 6.17. The number of hydrogen-bond donors (Lipinski definition) is 1. The minimum absolute atomic E-state index is 0. The van der Waals surface area contributed by atoms with Gasteiger partial charge in [-0.1, -0.05) is 47.8 Å². The molecule has 1 aromatic carbocycles. The van der Waals surface area contributed by atoms with Crippen molar-refractivity contribution in [3.05, 3.63) is 46.6 Å². The average Bonchev–Trinajstić information content (AvgIpc) is 2.89. The molecule has 22 heavy (non-hydrogen) atoms. The number of halogens is 2. The highest BCUT2D eigenvalue weighted by Crippen LogP contribution is 2.38. The standard InChI is InChI=1S/C16H20ClN3O.ClH/c1-16(18)9-5-4-7-12(16)15-19-14(20-21-15)10-11-6-2-3-8-13(11)17;/h2-3,6,8,12H,4-5,7,9-10,18H2,1H3;1H. The molecule has 0 amide bonds. The summed E-state index contributed by atoms with van der Waals surface area (Å²) < 4.78 is 5.47. The predicted octanol–water partition coefficient (Wildman–Crippen LogP) is 4.11. The Labute approximate surface area is 141 Å². The molecule has 2 unspecified atom stereocenters. The van der Waals surface area contributed by atoms with E-state index >= 15 is 0 Å². The summed E-state index contributed by atoms with van der Waals surface area (Å²) in [7, 11) is 0. The maximum Gasteiger partial charge on any atom is 0.231 e. The molecule has 2 atom stereocenters. The molecule has 0 radical (unpaired) electrons. The Kier molecular flexibility index (Phi) is 5.48. The van der Waals surface area contributed by atoms with Crippen LogP contribution in [0.25, 0.3) is 0 Å². The molecule has 1 saturated carbocycles. The fourth-order valence-electron chi connectivity index (χ4n) is 3.06. The van der Waals surface area contributed by atoms with Gasteiger partial charge < -0.3 is 10.3 Å². The van der Waals surface area contributed by atoms with Crippen LogP contribution in [0.15, 0.2) is 28.8 Å². The van der Waals surface area contributed by atoms with Crippen LogP contribution in [0.1, 0.15) is 55.8 Å². The first-order valence-corrected chi connectivity index (χ1v) is 7.79. The zero-order valence-corrected chi connectivity index (χ0v) is 14.2. The van der Waals surface area contributed by atoms with Gasteiger partial charge in [0.25, 0.3) is 0 Å². The highest BCUT2D eigenvalue weighted by molar-refractivity contribution is 6.31.